The molecule has 0 spiro atoms. The van der Waals surface area contributed by atoms with Gasteiger partial charge in [0.1, 0.15) is 7.05 Å². The third-order valence-electron chi connectivity index (χ3n) is 4.20. The van der Waals surface area contributed by atoms with Crippen LogP contribution >= 0.6 is 0 Å². The summed E-state index contributed by atoms with van der Waals surface area (Å²) in [5.41, 5.74) is 5.15. The van der Waals surface area contributed by atoms with E-state index in [-0.39, 0.29) is 41.4 Å². The van der Waals surface area contributed by atoms with E-state index < -0.39 is 0 Å². The lowest BCUT2D eigenvalue weighted by atomic mass is 10.2. The Hall–Kier alpha value is -1.50. The summed E-state index contributed by atoms with van der Waals surface area (Å²) in [5, 5.41) is 0. The van der Waals surface area contributed by atoms with Crippen LogP contribution in [0.4, 0.5) is 11.4 Å². The van der Waals surface area contributed by atoms with Crippen LogP contribution in [0.15, 0.2) is 54.9 Å². The van der Waals surface area contributed by atoms with Gasteiger partial charge in [0.05, 0.1) is 7.05 Å². The highest BCUT2D eigenvalue weighted by atomic mass is 79.9. The summed E-state index contributed by atoms with van der Waals surface area (Å²) < 4.78 is 6.70. The lowest BCUT2D eigenvalue weighted by Gasteiger charge is -2.03. The fourth-order valence-electron chi connectivity index (χ4n) is 3.20. The number of fused-ring (bicyclic) bond motifs is 2. The van der Waals surface area contributed by atoms with E-state index in [1.54, 1.807) is 0 Å². The van der Waals surface area contributed by atoms with Crippen molar-refractivity contribution in [2.24, 2.45) is 7.05 Å². The number of hydrogen-bond donors (Lipinski definition) is 1. The van der Waals surface area contributed by atoms with Crippen LogP contribution in [-0.4, -0.2) is 22.5 Å². The summed E-state index contributed by atoms with van der Waals surface area (Å²) >= 11 is 0. The molecular weight excluding hydrogens is 432 g/mol. The van der Waals surface area contributed by atoms with Crippen molar-refractivity contribution in [1.29, 1.82) is 0 Å². The number of quaternary nitrogens is 1. The molecule has 4 rings (SSSR count). The Kier molecular flexibility index (Phi) is 6.89. The molecule has 2 heterocycles. The van der Waals surface area contributed by atoms with E-state index in [0.717, 1.165) is 6.67 Å². The van der Waals surface area contributed by atoms with Crippen molar-refractivity contribution in [2.75, 3.05) is 7.05 Å². The average Bonchev–Trinajstić information content (AvgIpc) is 3.00. The molecule has 0 bridgehead atoms. The highest BCUT2D eigenvalue weighted by Gasteiger charge is 2.32. The van der Waals surface area contributed by atoms with Gasteiger partial charge in [0, 0.05) is 12.1 Å². The fraction of sp³-hybridized carbons (Fsp3) is 0.222. The minimum atomic E-state index is 0. The molecule has 1 aliphatic heterocycles. The topological polar surface area (TPSA) is 16.3 Å². The van der Waals surface area contributed by atoms with Crippen molar-refractivity contribution in [3.05, 3.63) is 54.9 Å². The van der Waals surface area contributed by atoms with Crippen molar-refractivity contribution >= 4 is 28.7 Å². The number of hydrogen-bond acceptors (Lipinski definition) is 0. The van der Waals surface area contributed by atoms with Gasteiger partial charge in [-0.15, -0.1) is 4.58 Å². The van der Waals surface area contributed by atoms with E-state index in [1.807, 2.05) is 0 Å². The summed E-state index contributed by atoms with van der Waals surface area (Å²) in [5.74, 6) is 0. The van der Waals surface area contributed by atoms with Gasteiger partial charge in [-0.1, -0.05) is 31.7 Å². The van der Waals surface area contributed by atoms with Crippen LogP contribution in [0.5, 0.6) is 0 Å². The molecule has 128 valence electrons. The second-order valence-corrected chi connectivity index (χ2v) is 5.63. The molecule has 0 aliphatic carbocycles. The highest BCUT2D eigenvalue weighted by Crippen LogP contribution is 2.21. The maximum atomic E-state index is 2.32. The van der Waals surface area contributed by atoms with Gasteiger partial charge >= 0.3 is 6.34 Å². The van der Waals surface area contributed by atoms with Crippen LogP contribution in [0, 0.1) is 0 Å². The summed E-state index contributed by atoms with van der Waals surface area (Å²) in [4.78, 5) is 1.36. The summed E-state index contributed by atoms with van der Waals surface area (Å²) in [7, 11) is 4.21. The van der Waals surface area contributed by atoms with Gasteiger partial charge in [0.15, 0.2) is 11.0 Å². The molecular formula is C18H23Br2N4+. The minimum absolute atomic E-state index is 0. The molecule has 1 N–H and O–H groups in total. The number of imidazole rings is 1. The molecule has 0 radical (unpaired) electrons. The molecule has 2 aromatic carbocycles. The standard InChI is InChI=1S/C17H18N4.CH4.2BrH/c1-18-11-20(16-9-5-3-7-14(16)18)13-21-12-19(2)15-8-4-6-10-17(15)21;;;/h3-12H,13H2,1-2H3;1H4;2*1H/q+2;;;/p-1. The molecule has 3 aromatic rings. The fourth-order valence-corrected chi connectivity index (χ4v) is 3.20. The first-order valence-electron chi connectivity index (χ1n) is 7.20. The Morgan fingerprint density at radius 3 is 2.42 bits per heavy atom. The molecule has 0 amide bonds. The Balaban J connectivity index is 0.000000960. The second-order valence-electron chi connectivity index (χ2n) is 5.63. The number of nitrogens with one attached hydrogen (secondary N) is 1. The number of halogens is 2. The van der Waals surface area contributed by atoms with E-state index >= 15 is 0 Å². The molecule has 1 unspecified atom stereocenters. The Bertz CT molecular complexity index is 870. The number of para-hydroxylation sites is 4. The molecule has 0 saturated heterocycles. The summed E-state index contributed by atoms with van der Waals surface area (Å²) in [6.07, 6.45) is 4.41. The van der Waals surface area contributed by atoms with Crippen LogP contribution in [-0.2, 0) is 13.7 Å². The summed E-state index contributed by atoms with van der Waals surface area (Å²) in [6, 6.07) is 17.1. The predicted octanol–water partition coefficient (Wildman–Crippen LogP) is -4.40. The lowest BCUT2D eigenvalue weighted by Crippen LogP contribution is -3.04. The largest absolute Gasteiger partial charge is 1.00 e. The van der Waals surface area contributed by atoms with Gasteiger partial charge in [-0.05, 0) is 12.1 Å². The Morgan fingerprint density at radius 1 is 0.958 bits per heavy atom. The van der Waals surface area contributed by atoms with Crippen molar-refractivity contribution in [1.82, 2.24) is 4.57 Å². The molecule has 1 aliphatic rings. The van der Waals surface area contributed by atoms with Crippen LogP contribution in [0.1, 0.15) is 7.43 Å². The van der Waals surface area contributed by atoms with E-state index in [0.29, 0.717) is 0 Å². The monoisotopic (exact) mass is 453 g/mol. The number of aryl methyl sites for hydroxylation is 1. The molecule has 6 heteroatoms. The van der Waals surface area contributed by atoms with Gasteiger partial charge < -0.3 is 34.0 Å². The van der Waals surface area contributed by atoms with Crippen molar-refractivity contribution in [2.45, 2.75) is 14.1 Å². The molecule has 1 aromatic heterocycles. The molecule has 4 nitrogen and oxygen atoms in total. The highest BCUT2D eigenvalue weighted by molar-refractivity contribution is 5.71. The van der Waals surface area contributed by atoms with Crippen LogP contribution in [0.3, 0.4) is 0 Å². The van der Waals surface area contributed by atoms with Crippen LogP contribution < -0.4 is 43.4 Å². The normalized spacial score (nSPS) is 14.9. The molecule has 0 fully saturated rings. The maximum Gasteiger partial charge on any atom is 0.339 e. The van der Waals surface area contributed by atoms with Crippen molar-refractivity contribution in [3.63, 3.8) is 0 Å². The average molecular weight is 455 g/mol. The SMILES string of the molecule is C.C[N+]1=C[NH+](Cn2c[n+](C)c3ccccc32)c2ccccc21.[Br-].[Br-]. The first-order chi connectivity index (χ1) is 10.2. The first kappa shape index (κ1) is 20.5. The van der Waals surface area contributed by atoms with Crippen molar-refractivity contribution in [3.8, 4) is 0 Å². The zero-order valence-electron chi connectivity index (χ0n) is 13.1. The van der Waals surface area contributed by atoms with Gasteiger partial charge in [0.2, 0.25) is 18.7 Å². The molecule has 24 heavy (non-hydrogen) atoms. The Labute approximate surface area is 164 Å². The van der Waals surface area contributed by atoms with E-state index in [4.69, 9.17) is 0 Å². The maximum absolute atomic E-state index is 2.32. The zero-order valence-corrected chi connectivity index (χ0v) is 16.3. The van der Waals surface area contributed by atoms with Gasteiger partial charge in [-0.2, -0.15) is 9.47 Å². The lowest BCUT2D eigenvalue weighted by molar-refractivity contribution is -0.761. The van der Waals surface area contributed by atoms with Crippen molar-refractivity contribution < 1.29 is 48.0 Å². The number of nitrogens with zero attached hydrogens (tertiary/aromatic N) is 3. The number of benzene rings is 2. The van der Waals surface area contributed by atoms with Gasteiger partial charge in [0.25, 0.3) is 5.69 Å². The minimum Gasteiger partial charge on any atom is -1.00 e. The zero-order chi connectivity index (χ0) is 14.4. The molecule has 0 saturated carbocycles. The number of rotatable bonds is 2. The van der Waals surface area contributed by atoms with Gasteiger partial charge in [-0.3, -0.25) is 0 Å². The second kappa shape index (κ2) is 8.05. The van der Waals surface area contributed by atoms with Crippen LogP contribution in [0.25, 0.3) is 11.0 Å². The third-order valence-corrected chi connectivity index (χ3v) is 4.20. The van der Waals surface area contributed by atoms with E-state index in [9.17, 15) is 0 Å². The van der Waals surface area contributed by atoms with E-state index in [1.165, 1.54) is 27.3 Å². The van der Waals surface area contributed by atoms with Gasteiger partial charge in [-0.25, -0.2) is 4.57 Å². The number of aromatic nitrogens is 2. The Morgan fingerprint density at radius 2 is 1.62 bits per heavy atom. The van der Waals surface area contributed by atoms with Crippen LogP contribution in [0.2, 0.25) is 0 Å². The van der Waals surface area contributed by atoms with E-state index in [2.05, 4.69) is 89.0 Å². The predicted molar refractivity (Wildman–Crippen MR) is 88.8 cm³/mol. The summed E-state index contributed by atoms with van der Waals surface area (Å²) in [6.45, 7) is 0.892. The first-order valence-corrected chi connectivity index (χ1v) is 7.20. The molecule has 1 atom stereocenters. The third kappa shape index (κ3) is 3.31. The smallest absolute Gasteiger partial charge is 0.339 e. The quantitative estimate of drug-likeness (QED) is 0.376.